The van der Waals surface area contributed by atoms with E-state index in [2.05, 4.69) is 73.7 Å². The molecule has 4 nitrogen and oxygen atoms in total. The molecule has 0 aromatic heterocycles. The fourth-order valence-corrected chi connectivity index (χ4v) is 4.70. The molecule has 0 amide bonds. The number of hydrogen-bond acceptors (Lipinski definition) is 4. The molecule has 2 fully saturated rings. The van der Waals surface area contributed by atoms with Gasteiger partial charge in [-0.2, -0.15) is 0 Å². The van der Waals surface area contributed by atoms with Crippen molar-refractivity contribution < 1.29 is 10.2 Å². The first kappa shape index (κ1) is 22.0. The first-order chi connectivity index (χ1) is 13.3. The summed E-state index contributed by atoms with van der Waals surface area (Å²) in [6, 6.07) is 8.28. The smallest absolute Gasteiger partial charge is 0.138 e. The second-order valence-corrected chi connectivity index (χ2v) is 10.2. The van der Waals surface area contributed by atoms with Crippen LogP contribution in [-0.2, 0) is 0 Å². The molecule has 0 saturated heterocycles. The Morgan fingerprint density at radius 1 is 0.679 bits per heavy atom. The summed E-state index contributed by atoms with van der Waals surface area (Å²) < 4.78 is 3.23. The standard InChI is InChI=1S/2C10H9Br2NO/c2*11-7-3-6(5-13-8-1-2-8)10(14)9(12)4-7/h2*3-5,8,14H,1-2H2. The van der Waals surface area contributed by atoms with Gasteiger partial charge in [-0.15, -0.1) is 0 Å². The highest BCUT2D eigenvalue weighted by Crippen LogP contribution is 2.32. The van der Waals surface area contributed by atoms with Crippen LogP contribution in [0.5, 0.6) is 11.5 Å². The van der Waals surface area contributed by atoms with Crippen molar-refractivity contribution in [3.05, 3.63) is 53.3 Å². The Balaban J connectivity index is 0.000000161. The fourth-order valence-electron chi connectivity index (χ4n) is 2.19. The van der Waals surface area contributed by atoms with E-state index in [-0.39, 0.29) is 11.5 Å². The zero-order valence-corrected chi connectivity index (χ0v) is 21.1. The molecule has 0 radical (unpaired) electrons. The minimum absolute atomic E-state index is 0.248. The maximum absolute atomic E-state index is 9.70. The van der Waals surface area contributed by atoms with Crippen molar-refractivity contribution in [3.8, 4) is 11.5 Å². The Kier molecular flexibility index (Phi) is 7.75. The molecule has 0 unspecified atom stereocenters. The van der Waals surface area contributed by atoms with Crippen molar-refractivity contribution in [3.63, 3.8) is 0 Å². The number of halogens is 4. The number of aromatic hydroxyl groups is 2. The molecule has 8 heteroatoms. The quantitative estimate of drug-likeness (QED) is 0.355. The lowest BCUT2D eigenvalue weighted by Gasteiger charge is -2.02. The van der Waals surface area contributed by atoms with Gasteiger partial charge in [0.2, 0.25) is 0 Å². The van der Waals surface area contributed by atoms with Crippen molar-refractivity contribution in [1.29, 1.82) is 0 Å². The van der Waals surface area contributed by atoms with Crippen LogP contribution in [0.4, 0.5) is 0 Å². The Bertz CT molecular complexity index is 847. The zero-order valence-electron chi connectivity index (χ0n) is 14.7. The maximum atomic E-state index is 9.70. The Labute approximate surface area is 197 Å². The summed E-state index contributed by atoms with van der Waals surface area (Å²) in [4.78, 5) is 8.64. The number of rotatable bonds is 4. The van der Waals surface area contributed by atoms with Gasteiger partial charge in [-0.05, 0) is 81.8 Å². The number of aliphatic imine (C=N–C) groups is 2. The molecule has 0 heterocycles. The van der Waals surface area contributed by atoms with Crippen molar-refractivity contribution in [2.45, 2.75) is 37.8 Å². The second-order valence-electron chi connectivity index (χ2n) is 6.67. The lowest BCUT2D eigenvalue weighted by Crippen LogP contribution is -1.86. The van der Waals surface area contributed by atoms with Crippen LogP contribution in [0.2, 0.25) is 0 Å². The number of phenolic OH excluding ortho intramolecular Hbond substituents is 2. The Hall–Kier alpha value is -0.700. The van der Waals surface area contributed by atoms with Crippen LogP contribution in [0, 0.1) is 0 Å². The van der Waals surface area contributed by atoms with Crippen LogP contribution >= 0.6 is 63.7 Å². The topological polar surface area (TPSA) is 65.2 Å². The van der Waals surface area contributed by atoms with Gasteiger partial charge in [-0.3, -0.25) is 9.98 Å². The number of phenols is 2. The van der Waals surface area contributed by atoms with E-state index in [1.54, 1.807) is 12.4 Å². The molecular weight excluding hydrogens is 620 g/mol. The monoisotopic (exact) mass is 634 g/mol. The van der Waals surface area contributed by atoms with E-state index >= 15 is 0 Å². The summed E-state index contributed by atoms with van der Waals surface area (Å²) in [5, 5.41) is 19.4. The van der Waals surface area contributed by atoms with Gasteiger partial charge in [-0.25, -0.2) is 0 Å². The first-order valence-corrected chi connectivity index (χ1v) is 11.9. The van der Waals surface area contributed by atoms with Crippen molar-refractivity contribution in [2.75, 3.05) is 0 Å². The molecule has 2 aromatic rings. The van der Waals surface area contributed by atoms with Crippen molar-refractivity contribution in [2.24, 2.45) is 9.98 Å². The lowest BCUT2D eigenvalue weighted by molar-refractivity contribution is 0.470. The molecule has 2 aromatic carbocycles. The van der Waals surface area contributed by atoms with Crippen molar-refractivity contribution >= 4 is 76.1 Å². The number of nitrogens with zero attached hydrogens (tertiary/aromatic N) is 2. The predicted octanol–water partition coefficient (Wildman–Crippen LogP) is 7.00. The van der Waals surface area contributed by atoms with Gasteiger partial charge in [0, 0.05) is 32.5 Å². The largest absolute Gasteiger partial charge is 0.506 e. The van der Waals surface area contributed by atoms with Crippen LogP contribution < -0.4 is 0 Å². The summed E-state index contributed by atoms with van der Waals surface area (Å²) in [5.74, 6) is 0.496. The third-order valence-electron chi connectivity index (χ3n) is 4.06. The highest BCUT2D eigenvalue weighted by molar-refractivity contribution is 9.11. The SMILES string of the molecule is Oc1c(Br)cc(Br)cc1C=NC1CC1.Oc1c(Br)cc(Br)cc1C=NC1CC1. The van der Waals surface area contributed by atoms with Gasteiger partial charge in [-0.1, -0.05) is 31.9 Å². The first-order valence-electron chi connectivity index (χ1n) is 8.76. The van der Waals surface area contributed by atoms with Gasteiger partial charge >= 0.3 is 0 Å². The summed E-state index contributed by atoms with van der Waals surface area (Å²) in [6.07, 6.45) is 8.17. The average Bonchev–Trinajstić information content (AvgIpc) is 3.53. The molecule has 148 valence electrons. The third-order valence-corrected chi connectivity index (χ3v) is 6.18. The van der Waals surface area contributed by atoms with E-state index in [0.717, 1.165) is 20.1 Å². The van der Waals surface area contributed by atoms with Gasteiger partial charge in [0.05, 0.1) is 21.0 Å². The van der Waals surface area contributed by atoms with Crippen LogP contribution in [0.25, 0.3) is 0 Å². The normalized spacial score (nSPS) is 16.4. The van der Waals surface area contributed by atoms with E-state index in [9.17, 15) is 10.2 Å². The summed E-state index contributed by atoms with van der Waals surface area (Å²) in [7, 11) is 0. The highest BCUT2D eigenvalue weighted by Gasteiger charge is 2.19. The predicted molar refractivity (Wildman–Crippen MR) is 128 cm³/mol. The second kappa shape index (κ2) is 9.87. The molecule has 2 aliphatic rings. The third kappa shape index (κ3) is 6.68. The fraction of sp³-hybridized carbons (Fsp3) is 0.300. The molecule has 28 heavy (non-hydrogen) atoms. The van der Waals surface area contributed by atoms with E-state index in [1.807, 2.05) is 24.3 Å². The molecule has 4 rings (SSSR count). The average molecular weight is 638 g/mol. The Morgan fingerprint density at radius 2 is 1.04 bits per heavy atom. The number of hydrogen-bond donors (Lipinski definition) is 2. The van der Waals surface area contributed by atoms with E-state index < -0.39 is 0 Å². The van der Waals surface area contributed by atoms with Crippen LogP contribution in [0.1, 0.15) is 36.8 Å². The minimum Gasteiger partial charge on any atom is -0.506 e. The van der Waals surface area contributed by atoms with E-state index in [0.29, 0.717) is 21.0 Å². The van der Waals surface area contributed by atoms with Gasteiger partial charge in [0.1, 0.15) is 11.5 Å². The molecule has 2 saturated carbocycles. The highest BCUT2D eigenvalue weighted by atomic mass is 79.9. The molecule has 0 spiro atoms. The summed E-state index contributed by atoms with van der Waals surface area (Å²) in [6.45, 7) is 0. The summed E-state index contributed by atoms with van der Waals surface area (Å²) in [5.41, 5.74) is 1.50. The maximum Gasteiger partial charge on any atom is 0.138 e. The molecule has 2 aliphatic carbocycles. The van der Waals surface area contributed by atoms with E-state index in [4.69, 9.17) is 0 Å². The van der Waals surface area contributed by atoms with E-state index in [1.165, 1.54) is 25.7 Å². The number of benzene rings is 2. The molecular formula is C20H18Br4N2O2. The van der Waals surface area contributed by atoms with Crippen LogP contribution in [-0.4, -0.2) is 34.7 Å². The minimum atomic E-state index is 0.248. The Morgan fingerprint density at radius 3 is 1.36 bits per heavy atom. The molecule has 0 aliphatic heterocycles. The van der Waals surface area contributed by atoms with Gasteiger partial charge in [0.15, 0.2) is 0 Å². The van der Waals surface area contributed by atoms with Gasteiger partial charge < -0.3 is 10.2 Å². The molecule has 0 atom stereocenters. The molecule has 0 bridgehead atoms. The van der Waals surface area contributed by atoms with Gasteiger partial charge in [0.25, 0.3) is 0 Å². The molecule has 2 N–H and O–H groups in total. The zero-order chi connectivity index (χ0) is 20.3. The van der Waals surface area contributed by atoms with Crippen LogP contribution in [0.15, 0.2) is 52.1 Å². The lowest BCUT2D eigenvalue weighted by atomic mass is 10.2. The summed E-state index contributed by atoms with van der Waals surface area (Å²) >= 11 is 13.3. The van der Waals surface area contributed by atoms with Crippen LogP contribution in [0.3, 0.4) is 0 Å². The van der Waals surface area contributed by atoms with Crippen molar-refractivity contribution in [1.82, 2.24) is 0 Å².